The molecule has 0 radical (unpaired) electrons. The zero-order valence-corrected chi connectivity index (χ0v) is 15.8. The maximum absolute atomic E-state index is 6.01. The van der Waals surface area contributed by atoms with Gasteiger partial charge in [-0.3, -0.25) is 4.90 Å². The number of anilines is 2. The molecule has 28 heavy (non-hydrogen) atoms. The summed E-state index contributed by atoms with van der Waals surface area (Å²) in [6, 6.07) is 20.5. The van der Waals surface area contributed by atoms with E-state index in [1.54, 1.807) is 0 Å². The quantitative estimate of drug-likeness (QED) is 0.689. The molecular formula is C22H25N5O. The average Bonchev–Trinajstić information content (AvgIpc) is 2.75. The van der Waals surface area contributed by atoms with E-state index in [0.29, 0.717) is 0 Å². The third kappa shape index (κ3) is 4.47. The summed E-state index contributed by atoms with van der Waals surface area (Å²) in [4.78, 5) is 11.2. The first-order valence-electron chi connectivity index (χ1n) is 9.63. The van der Waals surface area contributed by atoms with Crippen molar-refractivity contribution in [3.63, 3.8) is 0 Å². The number of hydrogen-bond donors (Lipinski definition) is 2. The molecule has 2 heterocycles. The zero-order valence-electron chi connectivity index (χ0n) is 15.8. The molecule has 3 aromatic rings. The van der Waals surface area contributed by atoms with Crippen LogP contribution in [-0.2, 0) is 4.74 Å². The van der Waals surface area contributed by atoms with E-state index in [0.717, 1.165) is 67.6 Å². The highest BCUT2D eigenvalue weighted by Crippen LogP contribution is 2.31. The van der Waals surface area contributed by atoms with E-state index in [-0.39, 0.29) is 5.95 Å². The lowest BCUT2D eigenvalue weighted by molar-refractivity contribution is 0.0398. The minimum absolute atomic E-state index is 0.272. The molecule has 0 unspecified atom stereocenters. The number of nitrogens with zero attached hydrogens (tertiary/aromatic N) is 3. The minimum atomic E-state index is 0.272. The standard InChI is InChI=1S/C22H25N5O/c23-22-25-20(16-21(26-22)24-10-11-27-12-14-28-15-13-27)19-9-5-4-8-18(19)17-6-2-1-3-7-17/h1-9,16H,10-15H2,(H3,23,24,25,26). The molecule has 1 aliphatic rings. The summed E-state index contributed by atoms with van der Waals surface area (Å²) in [5.74, 6) is 1.02. The van der Waals surface area contributed by atoms with Crippen LogP contribution in [0.15, 0.2) is 60.7 Å². The number of hydrogen-bond acceptors (Lipinski definition) is 6. The Morgan fingerprint density at radius 1 is 0.929 bits per heavy atom. The minimum Gasteiger partial charge on any atom is -0.379 e. The van der Waals surface area contributed by atoms with Gasteiger partial charge in [0.15, 0.2) is 0 Å². The normalized spacial score (nSPS) is 14.7. The Balaban J connectivity index is 1.54. The molecule has 0 amide bonds. The smallest absolute Gasteiger partial charge is 0.222 e. The molecule has 2 aromatic carbocycles. The van der Waals surface area contributed by atoms with Crippen molar-refractivity contribution in [3.05, 3.63) is 60.7 Å². The number of ether oxygens (including phenoxy) is 1. The number of nitrogen functional groups attached to an aromatic ring is 1. The molecule has 0 atom stereocenters. The second-order valence-corrected chi connectivity index (χ2v) is 6.79. The van der Waals surface area contributed by atoms with Crippen LogP contribution in [0.1, 0.15) is 0 Å². The lowest BCUT2D eigenvalue weighted by atomic mass is 9.97. The highest BCUT2D eigenvalue weighted by molar-refractivity contribution is 5.82. The molecule has 3 N–H and O–H groups in total. The van der Waals surface area contributed by atoms with Crippen LogP contribution >= 0.6 is 0 Å². The van der Waals surface area contributed by atoms with Gasteiger partial charge >= 0.3 is 0 Å². The van der Waals surface area contributed by atoms with Gasteiger partial charge in [0.25, 0.3) is 0 Å². The fourth-order valence-corrected chi connectivity index (χ4v) is 3.44. The molecule has 6 heteroatoms. The Morgan fingerprint density at radius 2 is 1.64 bits per heavy atom. The van der Waals surface area contributed by atoms with Crippen molar-refractivity contribution in [3.8, 4) is 22.4 Å². The van der Waals surface area contributed by atoms with Crippen LogP contribution in [0.3, 0.4) is 0 Å². The third-order valence-electron chi connectivity index (χ3n) is 4.87. The maximum atomic E-state index is 6.01. The van der Waals surface area contributed by atoms with E-state index in [2.05, 4.69) is 44.5 Å². The summed E-state index contributed by atoms with van der Waals surface area (Å²) >= 11 is 0. The third-order valence-corrected chi connectivity index (χ3v) is 4.87. The SMILES string of the molecule is Nc1nc(NCCN2CCOCC2)cc(-c2ccccc2-c2ccccc2)n1. The van der Waals surface area contributed by atoms with Gasteiger partial charge in [-0.1, -0.05) is 54.6 Å². The van der Waals surface area contributed by atoms with E-state index in [9.17, 15) is 0 Å². The summed E-state index contributed by atoms with van der Waals surface area (Å²) in [6.45, 7) is 5.31. The van der Waals surface area contributed by atoms with E-state index >= 15 is 0 Å². The Labute approximate surface area is 165 Å². The van der Waals surface area contributed by atoms with Crippen LogP contribution in [0.25, 0.3) is 22.4 Å². The number of rotatable bonds is 6. The van der Waals surface area contributed by atoms with Crippen LogP contribution in [0.2, 0.25) is 0 Å². The topological polar surface area (TPSA) is 76.3 Å². The Hall–Kier alpha value is -2.96. The molecule has 0 aliphatic carbocycles. The van der Waals surface area contributed by atoms with Crippen molar-refractivity contribution >= 4 is 11.8 Å². The summed E-state index contributed by atoms with van der Waals surface area (Å²) in [6.07, 6.45) is 0. The predicted molar refractivity (Wildman–Crippen MR) is 113 cm³/mol. The van der Waals surface area contributed by atoms with Crippen LogP contribution in [0, 0.1) is 0 Å². The van der Waals surface area contributed by atoms with Gasteiger partial charge in [0, 0.05) is 37.8 Å². The second kappa shape index (κ2) is 8.82. The molecule has 1 aliphatic heterocycles. The van der Waals surface area contributed by atoms with Crippen molar-refractivity contribution in [2.24, 2.45) is 0 Å². The second-order valence-electron chi connectivity index (χ2n) is 6.79. The predicted octanol–water partition coefficient (Wildman–Crippen LogP) is 3.14. The molecule has 0 saturated carbocycles. The highest BCUT2D eigenvalue weighted by Gasteiger charge is 2.12. The van der Waals surface area contributed by atoms with Crippen molar-refractivity contribution in [1.29, 1.82) is 0 Å². The highest BCUT2D eigenvalue weighted by atomic mass is 16.5. The van der Waals surface area contributed by atoms with Crippen LogP contribution < -0.4 is 11.1 Å². The molecule has 1 fully saturated rings. The maximum Gasteiger partial charge on any atom is 0.222 e. The van der Waals surface area contributed by atoms with Gasteiger partial charge in [0.1, 0.15) is 5.82 Å². The van der Waals surface area contributed by atoms with Crippen LogP contribution in [0.5, 0.6) is 0 Å². The average molecular weight is 375 g/mol. The fourth-order valence-electron chi connectivity index (χ4n) is 3.44. The van der Waals surface area contributed by atoms with Gasteiger partial charge in [-0.25, -0.2) is 4.98 Å². The number of benzene rings is 2. The molecule has 1 saturated heterocycles. The first-order chi connectivity index (χ1) is 13.8. The van der Waals surface area contributed by atoms with E-state index in [4.69, 9.17) is 10.5 Å². The monoisotopic (exact) mass is 375 g/mol. The summed E-state index contributed by atoms with van der Waals surface area (Å²) in [5.41, 5.74) is 10.1. The van der Waals surface area contributed by atoms with E-state index in [1.807, 2.05) is 36.4 Å². The molecule has 0 spiro atoms. The van der Waals surface area contributed by atoms with Crippen molar-refractivity contribution in [1.82, 2.24) is 14.9 Å². The molecular weight excluding hydrogens is 350 g/mol. The fraction of sp³-hybridized carbons (Fsp3) is 0.273. The molecule has 0 bridgehead atoms. The lowest BCUT2D eigenvalue weighted by Gasteiger charge is -2.26. The molecule has 6 nitrogen and oxygen atoms in total. The number of aromatic nitrogens is 2. The Kier molecular flexibility index (Phi) is 5.80. The summed E-state index contributed by atoms with van der Waals surface area (Å²) in [5, 5.41) is 3.39. The van der Waals surface area contributed by atoms with Gasteiger partial charge in [-0.05, 0) is 11.1 Å². The first-order valence-corrected chi connectivity index (χ1v) is 9.63. The van der Waals surface area contributed by atoms with Gasteiger partial charge in [0.05, 0.1) is 18.9 Å². The van der Waals surface area contributed by atoms with Gasteiger partial charge in [-0.15, -0.1) is 0 Å². The Morgan fingerprint density at radius 3 is 2.43 bits per heavy atom. The zero-order chi connectivity index (χ0) is 19.2. The first kappa shape index (κ1) is 18.4. The number of nitrogens with two attached hydrogens (primary N) is 1. The van der Waals surface area contributed by atoms with Gasteiger partial charge in [-0.2, -0.15) is 4.98 Å². The van der Waals surface area contributed by atoms with Gasteiger partial charge < -0.3 is 15.8 Å². The lowest BCUT2D eigenvalue weighted by Crippen LogP contribution is -2.39. The van der Waals surface area contributed by atoms with E-state index < -0.39 is 0 Å². The van der Waals surface area contributed by atoms with Crippen LogP contribution in [-0.4, -0.2) is 54.3 Å². The number of nitrogens with one attached hydrogen (secondary N) is 1. The summed E-state index contributed by atoms with van der Waals surface area (Å²) < 4.78 is 5.39. The van der Waals surface area contributed by atoms with Crippen molar-refractivity contribution in [2.45, 2.75) is 0 Å². The Bertz CT molecular complexity index is 910. The summed E-state index contributed by atoms with van der Waals surface area (Å²) in [7, 11) is 0. The van der Waals surface area contributed by atoms with Crippen molar-refractivity contribution < 1.29 is 4.74 Å². The largest absolute Gasteiger partial charge is 0.379 e. The number of morpholine rings is 1. The molecule has 4 rings (SSSR count). The molecule has 1 aromatic heterocycles. The van der Waals surface area contributed by atoms with Gasteiger partial charge in [0.2, 0.25) is 5.95 Å². The van der Waals surface area contributed by atoms with Crippen molar-refractivity contribution in [2.75, 3.05) is 50.4 Å². The molecule has 144 valence electrons. The van der Waals surface area contributed by atoms with Crippen LogP contribution in [0.4, 0.5) is 11.8 Å². The van der Waals surface area contributed by atoms with E-state index in [1.165, 1.54) is 0 Å².